The molecule has 1 amide bonds. The summed E-state index contributed by atoms with van der Waals surface area (Å²) in [5, 5.41) is 12.1. The molecule has 0 bridgehead atoms. The Morgan fingerprint density at radius 2 is 1.83 bits per heavy atom. The van der Waals surface area contributed by atoms with Crippen LogP contribution in [0.1, 0.15) is 55.6 Å². The summed E-state index contributed by atoms with van der Waals surface area (Å²) in [6, 6.07) is 8.42. The Balaban J connectivity index is 1.42. The Morgan fingerprint density at radius 1 is 1.09 bits per heavy atom. The number of nitrogens with one attached hydrogen (secondary N) is 1. The molecule has 0 unspecified atom stereocenters. The van der Waals surface area contributed by atoms with Gasteiger partial charge >= 0.3 is 5.97 Å². The third-order valence-corrected chi connectivity index (χ3v) is 5.47. The molecule has 1 saturated carbocycles. The molecule has 0 saturated heterocycles. The van der Waals surface area contributed by atoms with Crippen LogP contribution < -0.4 is 5.32 Å². The average molecular weight is 315 g/mol. The van der Waals surface area contributed by atoms with Gasteiger partial charge in [0.05, 0.1) is 5.92 Å². The first-order valence-electron chi connectivity index (χ1n) is 8.70. The highest BCUT2D eigenvalue weighted by Crippen LogP contribution is 2.35. The molecule has 2 aliphatic rings. The van der Waals surface area contributed by atoms with Gasteiger partial charge in [-0.2, -0.15) is 0 Å². The molecule has 0 radical (unpaired) electrons. The van der Waals surface area contributed by atoms with Crippen molar-refractivity contribution < 1.29 is 14.7 Å². The summed E-state index contributed by atoms with van der Waals surface area (Å²) in [4.78, 5) is 23.2. The van der Waals surface area contributed by atoms with Crippen LogP contribution in [0.3, 0.4) is 0 Å². The summed E-state index contributed by atoms with van der Waals surface area (Å²) >= 11 is 0. The van der Waals surface area contributed by atoms with E-state index in [1.165, 1.54) is 11.1 Å². The predicted octanol–water partition coefficient (Wildman–Crippen LogP) is 3.11. The maximum Gasteiger partial charge on any atom is 0.306 e. The normalized spacial score (nSPS) is 26.5. The number of carboxylic acids is 1. The van der Waals surface area contributed by atoms with E-state index < -0.39 is 5.97 Å². The smallest absolute Gasteiger partial charge is 0.306 e. The Morgan fingerprint density at radius 3 is 2.57 bits per heavy atom. The molecule has 1 atom stereocenters. The molecular formula is C19H25NO3. The van der Waals surface area contributed by atoms with Crippen molar-refractivity contribution in [3.05, 3.63) is 35.4 Å². The fraction of sp³-hybridized carbons (Fsp3) is 0.579. The molecule has 124 valence electrons. The number of aliphatic carboxylic acids is 1. The second-order valence-corrected chi connectivity index (χ2v) is 7.00. The van der Waals surface area contributed by atoms with E-state index in [0.29, 0.717) is 24.8 Å². The Hall–Kier alpha value is -1.84. The SMILES string of the molecule is O=C(C[C@H]1CCc2ccccc21)NCC1CCC(C(=O)O)CC1. The van der Waals surface area contributed by atoms with Crippen molar-refractivity contribution in [2.45, 2.75) is 50.9 Å². The van der Waals surface area contributed by atoms with E-state index in [2.05, 4.69) is 29.6 Å². The molecule has 2 N–H and O–H groups in total. The van der Waals surface area contributed by atoms with Crippen LogP contribution in [-0.4, -0.2) is 23.5 Å². The summed E-state index contributed by atoms with van der Waals surface area (Å²) in [5.74, 6) is 0.0655. The third-order valence-electron chi connectivity index (χ3n) is 5.47. The van der Waals surface area contributed by atoms with Crippen molar-refractivity contribution in [3.63, 3.8) is 0 Å². The maximum absolute atomic E-state index is 12.2. The van der Waals surface area contributed by atoms with Gasteiger partial charge in [-0.25, -0.2) is 0 Å². The van der Waals surface area contributed by atoms with Crippen LogP contribution in [0.25, 0.3) is 0 Å². The van der Waals surface area contributed by atoms with E-state index in [-0.39, 0.29) is 11.8 Å². The number of hydrogen-bond acceptors (Lipinski definition) is 2. The van der Waals surface area contributed by atoms with E-state index in [9.17, 15) is 9.59 Å². The molecule has 3 rings (SSSR count). The number of fused-ring (bicyclic) bond motifs is 1. The van der Waals surface area contributed by atoms with Crippen molar-refractivity contribution in [2.75, 3.05) is 6.54 Å². The van der Waals surface area contributed by atoms with Gasteiger partial charge in [-0.3, -0.25) is 9.59 Å². The van der Waals surface area contributed by atoms with Gasteiger partial charge in [0.25, 0.3) is 0 Å². The van der Waals surface area contributed by atoms with Crippen molar-refractivity contribution in [2.24, 2.45) is 11.8 Å². The molecule has 2 aliphatic carbocycles. The number of rotatable bonds is 5. The number of hydrogen-bond donors (Lipinski definition) is 2. The van der Waals surface area contributed by atoms with E-state index in [0.717, 1.165) is 38.5 Å². The molecule has 0 aromatic heterocycles. The topological polar surface area (TPSA) is 66.4 Å². The molecule has 0 aliphatic heterocycles. The fourth-order valence-corrected chi connectivity index (χ4v) is 4.03. The van der Waals surface area contributed by atoms with Crippen molar-refractivity contribution >= 4 is 11.9 Å². The summed E-state index contributed by atoms with van der Waals surface area (Å²) in [6.07, 6.45) is 6.01. The van der Waals surface area contributed by atoms with Crippen molar-refractivity contribution in [1.82, 2.24) is 5.32 Å². The molecular weight excluding hydrogens is 290 g/mol. The van der Waals surface area contributed by atoms with Gasteiger partial charge in [-0.1, -0.05) is 24.3 Å². The molecule has 1 fully saturated rings. The summed E-state index contributed by atoms with van der Waals surface area (Å²) < 4.78 is 0. The van der Waals surface area contributed by atoms with Gasteiger partial charge in [0.15, 0.2) is 0 Å². The Bertz CT molecular complexity index is 576. The first-order chi connectivity index (χ1) is 11.1. The number of carbonyl (C=O) groups excluding carboxylic acids is 1. The fourth-order valence-electron chi connectivity index (χ4n) is 4.03. The number of aryl methyl sites for hydroxylation is 1. The quantitative estimate of drug-likeness (QED) is 0.877. The summed E-state index contributed by atoms with van der Waals surface area (Å²) in [5.41, 5.74) is 2.72. The lowest BCUT2D eigenvalue weighted by Gasteiger charge is -2.26. The van der Waals surface area contributed by atoms with E-state index in [4.69, 9.17) is 5.11 Å². The molecule has 1 aromatic rings. The molecule has 4 heteroatoms. The first kappa shape index (κ1) is 16.0. The average Bonchev–Trinajstić information content (AvgIpc) is 2.96. The molecule has 23 heavy (non-hydrogen) atoms. The van der Waals surface area contributed by atoms with Crippen LogP contribution in [0.5, 0.6) is 0 Å². The zero-order valence-corrected chi connectivity index (χ0v) is 13.5. The zero-order chi connectivity index (χ0) is 16.2. The minimum Gasteiger partial charge on any atom is -0.481 e. The standard InChI is InChI=1S/C19H25NO3/c21-18(11-16-10-9-14-3-1-2-4-17(14)16)20-12-13-5-7-15(8-6-13)19(22)23/h1-4,13,15-16H,5-12H2,(H,20,21)(H,22,23)/t13?,15?,16-/m1/s1. The number of benzene rings is 1. The van der Waals surface area contributed by atoms with Gasteiger partial charge in [0.1, 0.15) is 0 Å². The summed E-state index contributed by atoms with van der Waals surface area (Å²) in [7, 11) is 0. The van der Waals surface area contributed by atoms with Gasteiger partial charge in [-0.05, 0) is 61.5 Å². The minimum atomic E-state index is -0.674. The Kier molecular flexibility index (Phi) is 4.99. The lowest BCUT2D eigenvalue weighted by atomic mass is 9.82. The highest BCUT2D eigenvalue weighted by Gasteiger charge is 2.27. The Labute approximate surface area is 137 Å². The van der Waals surface area contributed by atoms with Gasteiger partial charge in [0.2, 0.25) is 5.91 Å². The molecule has 0 heterocycles. The monoisotopic (exact) mass is 315 g/mol. The number of carbonyl (C=O) groups is 2. The van der Waals surface area contributed by atoms with Crippen LogP contribution in [0.4, 0.5) is 0 Å². The van der Waals surface area contributed by atoms with Crippen LogP contribution in [0.15, 0.2) is 24.3 Å². The van der Waals surface area contributed by atoms with Crippen molar-refractivity contribution in [3.8, 4) is 0 Å². The second kappa shape index (κ2) is 7.16. The van der Waals surface area contributed by atoms with E-state index >= 15 is 0 Å². The zero-order valence-electron chi connectivity index (χ0n) is 13.5. The lowest BCUT2D eigenvalue weighted by molar-refractivity contribution is -0.143. The van der Waals surface area contributed by atoms with Crippen LogP contribution in [0.2, 0.25) is 0 Å². The van der Waals surface area contributed by atoms with Crippen molar-refractivity contribution in [1.29, 1.82) is 0 Å². The molecule has 0 spiro atoms. The number of amides is 1. The van der Waals surface area contributed by atoms with Crippen LogP contribution in [0, 0.1) is 11.8 Å². The van der Waals surface area contributed by atoms with Gasteiger partial charge in [-0.15, -0.1) is 0 Å². The van der Waals surface area contributed by atoms with Crippen LogP contribution in [-0.2, 0) is 16.0 Å². The molecule has 4 nitrogen and oxygen atoms in total. The number of carboxylic acid groups (broad SMARTS) is 1. The highest BCUT2D eigenvalue weighted by atomic mass is 16.4. The second-order valence-electron chi connectivity index (χ2n) is 7.00. The summed E-state index contributed by atoms with van der Waals surface area (Å²) in [6.45, 7) is 0.694. The largest absolute Gasteiger partial charge is 0.481 e. The van der Waals surface area contributed by atoms with E-state index in [1.54, 1.807) is 0 Å². The van der Waals surface area contributed by atoms with Gasteiger partial charge in [0, 0.05) is 13.0 Å². The van der Waals surface area contributed by atoms with E-state index in [1.807, 2.05) is 0 Å². The first-order valence-corrected chi connectivity index (χ1v) is 8.70. The van der Waals surface area contributed by atoms with Crippen LogP contribution >= 0.6 is 0 Å². The minimum absolute atomic E-state index is 0.132. The lowest BCUT2D eigenvalue weighted by Crippen LogP contribution is -2.32. The molecule has 1 aromatic carbocycles. The van der Waals surface area contributed by atoms with Gasteiger partial charge < -0.3 is 10.4 Å². The highest BCUT2D eigenvalue weighted by molar-refractivity contribution is 5.77. The maximum atomic E-state index is 12.2. The third kappa shape index (κ3) is 3.92. The predicted molar refractivity (Wildman–Crippen MR) is 88.2 cm³/mol.